The van der Waals surface area contributed by atoms with Gasteiger partial charge < -0.3 is 15.4 Å². The van der Waals surface area contributed by atoms with Gasteiger partial charge in [-0.1, -0.05) is 5.16 Å². The summed E-state index contributed by atoms with van der Waals surface area (Å²) in [5, 5.41) is 13.4. The second-order valence-electron chi connectivity index (χ2n) is 3.06. The van der Waals surface area contributed by atoms with Crippen LogP contribution in [0.4, 0.5) is 0 Å². The molecule has 0 aromatic carbocycles. The van der Waals surface area contributed by atoms with Gasteiger partial charge >= 0.3 is 0 Å². The summed E-state index contributed by atoms with van der Waals surface area (Å²) in [6, 6.07) is 0. The number of hydrogen-bond acceptors (Lipinski definition) is 4. The lowest BCUT2D eigenvalue weighted by Crippen LogP contribution is -2.06. The van der Waals surface area contributed by atoms with Gasteiger partial charge in [0.2, 0.25) is 0 Å². The van der Waals surface area contributed by atoms with E-state index in [0.717, 1.165) is 29.9 Å². The molecule has 0 fully saturated rings. The molecular formula is C8H12N2O2. The third kappa shape index (κ3) is 1.04. The SMILES string of the molecule is NCCc1noc2c1C(O)CC2. The summed E-state index contributed by atoms with van der Waals surface area (Å²) >= 11 is 0. The largest absolute Gasteiger partial charge is 0.388 e. The highest BCUT2D eigenvalue weighted by Gasteiger charge is 2.28. The first kappa shape index (κ1) is 7.76. The normalized spacial score (nSPS) is 21.3. The first-order chi connectivity index (χ1) is 5.83. The van der Waals surface area contributed by atoms with Crippen LogP contribution in [0.3, 0.4) is 0 Å². The van der Waals surface area contributed by atoms with Gasteiger partial charge in [-0.25, -0.2) is 0 Å². The number of aliphatic hydroxyl groups excluding tert-OH is 1. The van der Waals surface area contributed by atoms with Crippen LogP contribution in [0, 0.1) is 0 Å². The van der Waals surface area contributed by atoms with Crippen molar-refractivity contribution >= 4 is 0 Å². The lowest BCUT2D eigenvalue weighted by molar-refractivity contribution is 0.178. The number of hydrogen-bond donors (Lipinski definition) is 2. The van der Waals surface area contributed by atoms with Crippen molar-refractivity contribution in [3.63, 3.8) is 0 Å². The molecule has 2 rings (SSSR count). The number of nitrogens with two attached hydrogens (primary N) is 1. The maximum Gasteiger partial charge on any atom is 0.142 e. The van der Waals surface area contributed by atoms with Crippen LogP contribution in [-0.2, 0) is 12.8 Å². The summed E-state index contributed by atoms with van der Waals surface area (Å²) in [6.07, 6.45) is 1.87. The molecule has 1 aliphatic carbocycles. The number of nitrogens with zero attached hydrogens (tertiary/aromatic N) is 1. The summed E-state index contributed by atoms with van der Waals surface area (Å²) in [4.78, 5) is 0. The fourth-order valence-corrected chi connectivity index (χ4v) is 1.66. The van der Waals surface area contributed by atoms with Gasteiger partial charge in [-0.3, -0.25) is 0 Å². The first-order valence-electron chi connectivity index (χ1n) is 4.18. The molecule has 66 valence electrons. The third-order valence-corrected chi connectivity index (χ3v) is 2.24. The van der Waals surface area contributed by atoms with Crippen LogP contribution < -0.4 is 5.73 Å². The molecule has 0 spiro atoms. The Morgan fingerprint density at radius 2 is 2.50 bits per heavy atom. The Morgan fingerprint density at radius 1 is 1.67 bits per heavy atom. The molecule has 1 aliphatic rings. The van der Waals surface area contributed by atoms with E-state index in [1.807, 2.05) is 0 Å². The molecule has 4 heteroatoms. The standard InChI is InChI=1S/C8H12N2O2/c9-4-3-5-8-6(11)1-2-7(8)12-10-5/h6,11H,1-4,9H2. The maximum atomic E-state index is 9.54. The minimum Gasteiger partial charge on any atom is -0.388 e. The highest BCUT2D eigenvalue weighted by Crippen LogP contribution is 2.33. The topological polar surface area (TPSA) is 72.3 Å². The van der Waals surface area contributed by atoms with Gasteiger partial charge in [0.15, 0.2) is 0 Å². The minimum absolute atomic E-state index is 0.382. The predicted molar refractivity (Wildman–Crippen MR) is 42.5 cm³/mol. The van der Waals surface area contributed by atoms with Gasteiger partial charge in [0.25, 0.3) is 0 Å². The van der Waals surface area contributed by atoms with Gasteiger partial charge in [0.05, 0.1) is 11.8 Å². The van der Waals surface area contributed by atoms with E-state index >= 15 is 0 Å². The van der Waals surface area contributed by atoms with E-state index in [-0.39, 0.29) is 6.10 Å². The zero-order valence-corrected chi connectivity index (χ0v) is 6.79. The van der Waals surface area contributed by atoms with Crippen molar-refractivity contribution in [3.05, 3.63) is 17.0 Å². The van der Waals surface area contributed by atoms with Crippen LogP contribution in [-0.4, -0.2) is 16.8 Å². The molecule has 1 aromatic rings. The van der Waals surface area contributed by atoms with Crippen molar-refractivity contribution in [1.82, 2.24) is 5.16 Å². The van der Waals surface area contributed by atoms with E-state index in [2.05, 4.69) is 5.16 Å². The molecule has 0 saturated carbocycles. The van der Waals surface area contributed by atoms with Crippen LogP contribution in [0.2, 0.25) is 0 Å². The van der Waals surface area contributed by atoms with Gasteiger partial charge in [0.1, 0.15) is 5.76 Å². The molecule has 1 aromatic heterocycles. The highest BCUT2D eigenvalue weighted by atomic mass is 16.5. The van der Waals surface area contributed by atoms with Crippen molar-refractivity contribution in [2.24, 2.45) is 5.73 Å². The molecule has 0 amide bonds. The minimum atomic E-state index is -0.382. The number of aliphatic hydroxyl groups is 1. The molecule has 0 aliphatic heterocycles. The average molecular weight is 168 g/mol. The molecule has 12 heavy (non-hydrogen) atoms. The van der Waals surface area contributed by atoms with Crippen LogP contribution >= 0.6 is 0 Å². The molecule has 0 radical (unpaired) electrons. The van der Waals surface area contributed by atoms with E-state index < -0.39 is 0 Å². The molecule has 1 unspecified atom stereocenters. The van der Waals surface area contributed by atoms with Crippen molar-refractivity contribution in [2.45, 2.75) is 25.4 Å². The maximum absolute atomic E-state index is 9.54. The molecule has 4 nitrogen and oxygen atoms in total. The summed E-state index contributed by atoms with van der Waals surface area (Å²) in [5.74, 6) is 0.839. The van der Waals surface area contributed by atoms with Crippen LogP contribution in [0.1, 0.15) is 29.5 Å². The van der Waals surface area contributed by atoms with E-state index in [0.29, 0.717) is 13.0 Å². The van der Waals surface area contributed by atoms with Gasteiger partial charge in [-0.2, -0.15) is 0 Å². The van der Waals surface area contributed by atoms with Crippen molar-refractivity contribution in [3.8, 4) is 0 Å². The Balaban J connectivity index is 2.32. The Labute approximate surface area is 70.3 Å². The van der Waals surface area contributed by atoms with E-state index in [1.54, 1.807) is 0 Å². The average Bonchev–Trinajstić information content (AvgIpc) is 2.58. The highest BCUT2D eigenvalue weighted by molar-refractivity contribution is 5.30. The lowest BCUT2D eigenvalue weighted by Gasteiger charge is -2.00. The quantitative estimate of drug-likeness (QED) is 0.659. The second kappa shape index (κ2) is 2.88. The van der Waals surface area contributed by atoms with Crippen LogP contribution in [0.15, 0.2) is 4.52 Å². The number of aromatic nitrogens is 1. The second-order valence-corrected chi connectivity index (χ2v) is 3.06. The zero-order valence-electron chi connectivity index (χ0n) is 6.79. The fraction of sp³-hybridized carbons (Fsp3) is 0.625. The molecule has 3 N–H and O–H groups in total. The van der Waals surface area contributed by atoms with Crippen molar-refractivity contribution in [1.29, 1.82) is 0 Å². The Morgan fingerprint density at radius 3 is 3.25 bits per heavy atom. The summed E-state index contributed by atoms with van der Waals surface area (Å²) in [5.41, 5.74) is 7.12. The molecular weight excluding hydrogens is 156 g/mol. The van der Waals surface area contributed by atoms with Gasteiger partial charge in [0, 0.05) is 18.4 Å². The molecule has 0 bridgehead atoms. The summed E-state index contributed by atoms with van der Waals surface area (Å²) < 4.78 is 5.06. The Bertz CT molecular complexity index is 283. The van der Waals surface area contributed by atoms with E-state index in [4.69, 9.17) is 10.3 Å². The first-order valence-corrected chi connectivity index (χ1v) is 4.18. The van der Waals surface area contributed by atoms with Crippen molar-refractivity contribution < 1.29 is 9.63 Å². The summed E-state index contributed by atoms with van der Waals surface area (Å²) in [6.45, 7) is 0.547. The van der Waals surface area contributed by atoms with E-state index in [1.165, 1.54) is 0 Å². The van der Waals surface area contributed by atoms with Gasteiger partial charge in [-0.15, -0.1) is 0 Å². The van der Waals surface area contributed by atoms with Crippen LogP contribution in [0.5, 0.6) is 0 Å². The molecule has 1 heterocycles. The molecule has 0 saturated heterocycles. The van der Waals surface area contributed by atoms with Crippen molar-refractivity contribution in [2.75, 3.05) is 6.54 Å². The Kier molecular flexibility index (Phi) is 1.86. The lowest BCUT2D eigenvalue weighted by atomic mass is 10.1. The van der Waals surface area contributed by atoms with Gasteiger partial charge in [-0.05, 0) is 13.0 Å². The smallest absolute Gasteiger partial charge is 0.142 e. The predicted octanol–water partition coefficient (Wildman–Crippen LogP) is 0.155. The number of fused-ring (bicyclic) bond motifs is 1. The summed E-state index contributed by atoms with van der Waals surface area (Å²) in [7, 11) is 0. The Hall–Kier alpha value is -0.870. The fourth-order valence-electron chi connectivity index (χ4n) is 1.66. The molecule has 1 atom stereocenters. The third-order valence-electron chi connectivity index (χ3n) is 2.24. The zero-order chi connectivity index (χ0) is 8.55. The van der Waals surface area contributed by atoms with E-state index in [9.17, 15) is 5.11 Å². The monoisotopic (exact) mass is 168 g/mol. The number of rotatable bonds is 2. The number of aryl methyl sites for hydroxylation is 1. The van der Waals surface area contributed by atoms with Crippen LogP contribution in [0.25, 0.3) is 0 Å².